The Morgan fingerprint density at radius 2 is 2.05 bits per heavy atom. The average molecular weight is 457 g/mol. The van der Waals surface area contributed by atoms with Gasteiger partial charge in [0.05, 0.1) is 31.1 Å². The third-order valence-electron chi connectivity index (χ3n) is 2.35. The zero-order chi connectivity index (χ0) is 15.6. The lowest BCUT2D eigenvalue weighted by molar-refractivity contribution is 0.102. The lowest BCUT2D eigenvalue weighted by Crippen LogP contribution is -2.13. The summed E-state index contributed by atoms with van der Waals surface area (Å²) in [6.07, 6.45) is 1.05. The van der Waals surface area contributed by atoms with Crippen LogP contribution in [-0.4, -0.2) is 20.6 Å². The number of benzene rings is 1. The molecule has 0 aliphatic carbocycles. The number of carbonyl (C=O) groups is 1. The summed E-state index contributed by atoms with van der Waals surface area (Å²) in [7, 11) is -3.39. The van der Waals surface area contributed by atoms with Crippen LogP contribution in [0.2, 0.25) is 5.02 Å². The highest BCUT2D eigenvalue weighted by Crippen LogP contribution is 2.27. The third kappa shape index (κ3) is 4.83. The van der Waals surface area contributed by atoms with Crippen molar-refractivity contribution in [1.82, 2.24) is 0 Å². The first-order valence-electron chi connectivity index (χ1n) is 5.57. The molecule has 2 N–H and O–H groups in total. The highest BCUT2D eigenvalue weighted by Gasteiger charge is 2.12. The largest absolute Gasteiger partial charge is 0.321 e. The van der Waals surface area contributed by atoms with Crippen LogP contribution in [0.25, 0.3) is 0 Å². The van der Waals surface area contributed by atoms with Gasteiger partial charge in [0.25, 0.3) is 5.91 Å². The van der Waals surface area contributed by atoms with E-state index in [0.29, 0.717) is 22.0 Å². The maximum absolute atomic E-state index is 12.1. The zero-order valence-electron chi connectivity index (χ0n) is 10.7. The van der Waals surface area contributed by atoms with Crippen molar-refractivity contribution < 1.29 is 13.2 Å². The Hall–Kier alpha value is -0.840. The fourth-order valence-corrected chi connectivity index (χ4v) is 3.57. The van der Waals surface area contributed by atoms with Gasteiger partial charge in [-0.3, -0.25) is 9.52 Å². The predicted molar refractivity (Wildman–Crippen MR) is 94.9 cm³/mol. The molecule has 21 heavy (non-hydrogen) atoms. The third-order valence-corrected chi connectivity index (χ3v) is 5.07. The molecule has 0 saturated heterocycles. The van der Waals surface area contributed by atoms with Crippen LogP contribution in [-0.2, 0) is 10.0 Å². The van der Waals surface area contributed by atoms with Gasteiger partial charge in [0.15, 0.2) is 0 Å². The second-order valence-corrected chi connectivity index (χ2v) is 9.12. The summed E-state index contributed by atoms with van der Waals surface area (Å²) >= 11 is 9.60. The fraction of sp³-hybridized carbons (Fsp3) is 0.0833. The molecule has 1 amide bonds. The van der Waals surface area contributed by atoms with Crippen molar-refractivity contribution in [3.05, 3.63) is 43.1 Å². The second-order valence-electron chi connectivity index (χ2n) is 4.16. The van der Waals surface area contributed by atoms with Crippen molar-refractivity contribution in [2.45, 2.75) is 0 Å². The number of halogens is 2. The van der Waals surface area contributed by atoms with E-state index in [1.807, 2.05) is 0 Å². The van der Waals surface area contributed by atoms with Gasteiger partial charge in [-0.15, -0.1) is 11.3 Å². The number of amides is 1. The highest BCUT2D eigenvalue weighted by molar-refractivity contribution is 14.1. The van der Waals surface area contributed by atoms with Gasteiger partial charge in [-0.25, -0.2) is 8.42 Å². The van der Waals surface area contributed by atoms with Crippen LogP contribution >= 0.6 is 45.5 Å². The van der Waals surface area contributed by atoms with Crippen LogP contribution in [0.15, 0.2) is 29.6 Å². The lowest BCUT2D eigenvalue weighted by Gasteiger charge is -2.09. The summed E-state index contributed by atoms with van der Waals surface area (Å²) in [6, 6.07) is 6.26. The number of rotatable bonds is 4. The molecule has 0 fully saturated rings. The first-order valence-corrected chi connectivity index (χ1v) is 9.80. The minimum atomic E-state index is -3.39. The molecule has 0 spiro atoms. The van der Waals surface area contributed by atoms with E-state index in [2.05, 4.69) is 32.6 Å². The Kier molecular flexibility index (Phi) is 5.12. The summed E-state index contributed by atoms with van der Waals surface area (Å²) in [5.41, 5.74) is 1.20. The first-order chi connectivity index (χ1) is 9.74. The van der Waals surface area contributed by atoms with Crippen LogP contribution in [0.4, 0.5) is 11.4 Å². The molecule has 0 unspecified atom stereocenters. The standard InChI is InChI=1S/C12H10ClIN2O3S2/c1-21(18,19)16-8-2-3-9(13)10(5-8)15-12(17)7-4-11(14)20-6-7/h2-6,16H,1H3,(H,15,17). The SMILES string of the molecule is CS(=O)(=O)Nc1ccc(Cl)c(NC(=O)c2csc(I)c2)c1. The van der Waals surface area contributed by atoms with Crippen molar-refractivity contribution >= 4 is 72.8 Å². The number of nitrogens with one attached hydrogen (secondary N) is 2. The number of hydrogen-bond donors (Lipinski definition) is 2. The number of sulfonamides is 1. The normalized spacial score (nSPS) is 11.2. The molecule has 0 aliphatic rings. The molecule has 1 aromatic heterocycles. The van der Waals surface area contributed by atoms with E-state index in [4.69, 9.17) is 11.6 Å². The van der Waals surface area contributed by atoms with E-state index in [1.165, 1.54) is 29.5 Å². The average Bonchev–Trinajstić information content (AvgIpc) is 2.78. The van der Waals surface area contributed by atoms with E-state index >= 15 is 0 Å². The molecule has 2 aromatic rings. The first kappa shape index (κ1) is 16.5. The minimum Gasteiger partial charge on any atom is -0.321 e. The molecule has 1 heterocycles. The molecule has 5 nitrogen and oxygen atoms in total. The number of thiophene rings is 1. The molecular weight excluding hydrogens is 447 g/mol. The maximum atomic E-state index is 12.1. The second kappa shape index (κ2) is 6.51. The molecule has 0 bridgehead atoms. The number of carbonyl (C=O) groups excluding carboxylic acids is 1. The number of anilines is 2. The molecule has 112 valence electrons. The van der Waals surface area contributed by atoms with Gasteiger partial charge in [-0.1, -0.05) is 11.6 Å². The van der Waals surface area contributed by atoms with Crippen LogP contribution in [0, 0.1) is 2.88 Å². The predicted octanol–water partition coefficient (Wildman–Crippen LogP) is 3.63. The smallest absolute Gasteiger partial charge is 0.256 e. The summed E-state index contributed by atoms with van der Waals surface area (Å²) in [4.78, 5) is 12.1. The molecule has 0 saturated carbocycles. The molecule has 0 radical (unpaired) electrons. The Morgan fingerprint density at radius 3 is 2.62 bits per heavy atom. The molecule has 1 aromatic carbocycles. The van der Waals surface area contributed by atoms with E-state index < -0.39 is 10.0 Å². The van der Waals surface area contributed by atoms with Gasteiger partial charge < -0.3 is 5.32 Å². The topological polar surface area (TPSA) is 75.3 Å². The van der Waals surface area contributed by atoms with Crippen molar-refractivity contribution in [2.24, 2.45) is 0 Å². The summed E-state index contributed by atoms with van der Waals surface area (Å²) in [5, 5.41) is 4.73. The van der Waals surface area contributed by atoms with E-state index in [0.717, 1.165) is 9.14 Å². The van der Waals surface area contributed by atoms with E-state index in [-0.39, 0.29) is 5.91 Å². The zero-order valence-corrected chi connectivity index (χ0v) is 15.2. The molecule has 2 rings (SSSR count). The molecule has 0 aliphatic heterocycles. The van der Waals surface area contributed by atoms with Crippen molar-refractivity contribution in [3.63, 3.8) is 0 Å². The van der Waals surface area contributed by atoms with Gasteiger partial charge in [-0.05, 0) is 46.9 Å². The van der Waals surface area contributed by atoms with Gasteiger partial charge in [0.1, 0.15) is 0 Å². The van der Waals surface area contributed by atoms with Gasteiger partial charge >= 0.3 is 0 Å². The molecule has 0 atom stereocenters. The van der Waals surface area contributed by atoms with E-state index in [9.17, 15) is 13.2 Å². The maximum Gasteiger partial charge on any atom is 0.256 e. The Morgan fingerprint density at radius 1 is 1.33 bits per heavy atom. The quantitative estimate of drug-likeness (QED) is 0.690. The van der Waals surface area contributed by atoms with Crippen molar-refractivity contribution in [1.29, 1.82) is 0 Å². The van der Waals surface area contributed by atoms with Gasteiger partial charge in [-0.2, -0.15) is 0 Å². The van der Waals surface area contributed by atoms with Crippen molar-refractivity contribution in [3.8, 4) is 0 Å². The van der Waals surface area contributed by atoms with Crippen LogP contribution in [0.1, 0.15) is 10.4 Å². The minimum absolute atomic E-state index is 0.299. The Bertz CT molecular complexity index is 790. The summed E-state index contributed by atoms with van der Waals surface area (Å²) in [5.74, 6) is -0.299. The Balaban J connectivity index is 2.23. The van der Waals surface area contributed by atoms with Crippen molar-refractivity contribution in [2.75, 3.05) is 16.3 Å². The van der Waals surface area contributed by atoms with Crippen LogP contribution < -0.4 is 10.0 Å². The molecular formula is C12H10ClIN2O3S2. The fourth-order valence-electron chi connectivity index (χ4n) is 1.52. The molecule has 9 heteroatoms. The van der Waals surface area contributed by atoms with Gasteiger partial charge in [0.2, 0.25) is 10.0 Å². The summed E-state index contributed by atoms with van der Waals surface area (Å²) in [6.45, 7) is 0. The highest BCUT2D eigenvalue weighted by atomic mass is 127. The van der Waals surface area contributed by atoms with Gasteiger partial charge in [0, 0.05) is 5.38 Å². The summed E-state index contributed by atoms with van der Waals surface area (Å²) < 4.78 is 25.8. The Labute approximate surface area is 144 Å². The van der Waals surface area contributed by atoms with E-state index in [1.54, 1.807) is 11.4 Å². The van der Waals surface area contributed by atoms with Crippen LogP contribution in [0.3, 0.4) is 0 Å². The lowest BCUT2D eigenvalue weighted by atomic mass is 10.2. The monoisotopic (exact) mass is 456 g/mol. The number of hydrogen-bond acceptors (Lipinski definition) is 4. The van der Waals surface area contributed by atoms with Crippen LogP contribution in [0.5, 0.6) is 0 Å².